The van der Waals surface area contributed by atoms with Gasteiger partial charge in [0.25, 0.3) is 0 Å². The zero-order chi connectivity index (χ0) is 20.2. The first-order chi connectivity index (χ1) is 13.7. The maximum Gasteiger partial charge on any atom is 0.191 e. The predicted octanol–water partition coefficient (Wildman–Crippen LogP) is 2.76. The molecule has 0 saturated carbocycles. The molecule has 2 rings (SSSR count). The third kappa shape index (κ3) is 7.09. The molecule has 158 valence electrons. The van der Waals surface area contributed by atoms with Crippen LogP contribution in [0.5, 0.6) is 11.5 Å². The molecule has 0 bridgehead atoms. The summed E-state index contributed by atoms with van der Waals surface area (Å²) in [4.78, 5) is 7.16. The van der Waals surface area contributed by atoms with Crippen molar-refractivity contribution in [3.63, 3.8) is 0 Å². The molecule has 1 aliphatic heterocycles. The van der Waals surface area contributed by atoms with Crippen LogP contribution in [0, 0.1) is 0 Å². The van der Waals surface area contributed by atoms with Crippen molar-refractivity contribution < 1.29 is 9.47 Å². The Labute approximate surface area is 174 Å². The van der Waals surface area contributed by atoms with Crippen molar-refractivity contribution in [1.29, 1.82) is 0 Å². The minimum absolute atomic E-state index is 0.810. The average molecular weight is 409 g/mol. The van der Waals surface area contributed by atoms with Gasteiger partial charge in [0, 0.05) is 39.3 Å². The molecular weight excluding hydrogens is 372 g/mol. The van der Waals surface area contributed by atoms with E-state index in [1.807, 2.05) is 11.8 Å². The van der Waals surface area contributed by atoms with Gasteiger partial charge in [0.05, 0.1) is 14.2 Å². The Morgan fingerprint density at radius 2 is 1.89 bits per heavy atom. The van der Waals surface area contributed by atoms with E-state index in [4.69, 9.17) is 9.47 Å². The number of nitrogens with zero attached hydrogens (tertiary/aromatic N) is 2. The van der Waals surface area contributed by atoms with E-state index in [1.165, 1.54) is 23.3 Å². The van der Waals surface area contributed by atoms with Crippen molar-refractivity contribution in [3.05, 3.63) is 23.3 Å². The van der Waals surface area contributed by atoms with Gasteiger partial charge in [-0.1, -0.05) is 0 Å². The van der Waals surface area contributed by atoms with Crippen LogP contribution in [0.2, 0.25) is 0 Å². The number of thioether (sulfide) groups is 1. The van der Waals surface area contributed by atoms with E-state index in [0.29, 0.717) is 0 Å². The molecule has 0 saturated heterocycles. The number of fused-ring (bicyclic) bond motifs is 1. The maximum atomic E-state index is 5.46. The van der Waals surface area contributed by atoms with Gasteiger partial charge in [0.2, 0.25) is 0 Å². The molecule has 0 atom stereocenters. The van der Waals surface area contributed by atoms with E-state index in [-0.39, 0.29) is 0 Å². The van der Waals surface area contributed by atoms with Crippen LogP contribution >= 0.6 is 11.8 Å². The zero-order valence-electron chi connectivity index (χ0n) is 17.8. The fourth-order valence-electron chi connectivity index (χ4n) is 3.36. The smallest absolute Gasteiger partial charge is 0.191 e. The van der Waals surface area contributed by atoms with Crippen molar-refractivity contribution in [3.8, 4) is 11.5 Å². The number of nitrogens with one attached hydrogen (secondary N) is 2. The van der Waals surface area contributed by atoms with E-state index < -0.39 is 0 Å². The van der Waals surface area contributed by atoms with Gasteiger partial charge >= 0.3 is 0 Å². The van der Waals surface area contributed by atoms with Crippen molar-refractivity contribution in [2.24, 2.45) is 4.99 Å². The van der Waals surface area contributed by atoms with Gasteiger partial charge < -0.3 is 20.1 Å². The Morgan fingerprint density at radius 1 is 1.14 bits per heavy atom. The van der Waals surface area contributed by atoms with Crippen molar-refractivity contribution in [1.82, 2.24) is 15.5 Å². The number of hydrogen-bond acceptors (Lipinski definition) is 5. The van der Waals surface area contributed by atoms with Gasteiger partial charge in [-0.05, 0) is 61.5 Å². The van der Waals surface area contributed by atoms with Gasteiger partial charge in [-0.25, -0.2) is 0 Å². The molecule has 0 radical (unpaired) electrons. The predicted molar refractivity (Wildman–Crippen MR) is 120 cm³/mol. The molecular formula is C21H36N4O2S. The monoisotopic (exact) mass is 408 g/mol. The fraction of sp³-hybridized carbons (Fsp3) is 0.667. The van der Waals surface area contributed by atoms with E-state index >= 15 is 0 Å². The molecule has 0 unspecified atom stereocenters. The van der Waals surface area contributed by atoms with Crippen LogP contribution in [0.25, 0.3) is 0 Å². The quantitative estimate of drug-likeness (QED) is 0.334. The van der Waals surface area contributed by atoms with Crippen LogP contribution in [0.4, 0.5) is 0 Å². The van der Waals surface area contributed by atoms with Crippen molar-refractivity contribution in [2.75, 3.05) is 59.0 Å². The average Bonchev–Trinajstić information content (AvgIpc) is 2.72. The molecule has 28 heavy (non-hydrogen) atoms. The van der Waals surface area contributed by atoms with Crippen molar-refractivity contribution in [2.45, 2.75) is 32.7 Å². The Hall–Kier alpha value is -1.60. The Bertz CT molecular complexity index is 625. The molecule has 6 nitrogen and oxygen atoms in total. The van der Waals surface area contributed by atoms with E-state index in [0.717, 1.165) is 69.6 Å². The van der Waals surface area contributed by atoms with Gasteiger partial charge in [-0.2, -0.15) is 11.8 Å². The molecule has 1 aliphatic rings. The summed E-state index contributed by atoms with van der Waals surface area (Å²) in [5, 5.41) is 6.81. The summed E-state index contributed by atoms with van der Waals surface area (Å²) < 4.78 is 10.9. The normalized spacial score (nSPS) is 14.5. The number of methoxy groups -OCH3 is 2. The zero-order valence-corrected chi connectivity index (χ0v) is 18.7. The molecule has 0 aliphatic carbocycles. The standard InChI is InChI=1S/C21H36N4O2S/c1-5-22-21(23-9-6-7-13-28-4)24-10-12-25-11-8-17-14-19(26-2)20(27-3)15-18(17)16-25/h14-15H,5-13,16H2,1-4H3,(H2,22,23,24). The maximum absolute atomic E-state index is 5.46. The molecule has 0 aromatic heterocycles. The van der Waals surface area contributed by atoms with Crippen molar-refractivity contribution >= 4 is 17.7 Å². The first-order valence-corrected chi connectivity index (χ1v) is 11.6. The molecule has 1 aromatic rings. The molecule has 0 spiro atoms. The summed E-state index contributed by atoms with van der Waals surface area (Å²) in [6.45, 7) is 7.76. The third-order valence-corrected chi connectivity index (χ3v) is 5.59. The SMILES string of the molecule is CCNC(=NCCCCSC)NCCN1CCc2cc(OC)c(OC)cc2C1. The summed E-state index contributed by atoms with van der Waals surface area (Å²) in [6.07, 6.45) is 5.57. The number of benzene rings is 1. The van der Waals surface area contributed by atoms with Gasteiger partial charge in [-0.3, -0.25) is 9.89 Å². The number of hydrogen-bond donors (Lipinski definition) is 2. The lowest BCUT2D eigenvalue weighted by atomic mass is 9.99. The molecule has 1 aromatic carbocycles. The Morgan fingerprint density at radius 3 is 2.57 bits per heavy atom. The van der Waals surface area contributed by atoms with Gasteiger partial charge in [-0.15, -0.1) is 0 Å². The summed E-state index contributed by atoms with van der Waals surface area (Å²) in [5.41, 5.74) is 2.69. The highest BCUT2D eigenvalue weighted by molar-refractivity contribution is 7.98. The Kier molecular flexibility index (Phi) is 10.4. The number of unbranched alkanes of at least 4 members (excludes halogenated alkanes) is 1. The largest absolute Gasteiger partial charge is 0.493 e. The summed E-state index contributed by atoms with van der Waals surface area (Å²) in [5.74, 6) is 3.77. The second kappa shape index (κ2) is 12.8. The Balaban J connectivity index is 1.82. The lowest BCUT2D eigenvalue weighted by molar-refractivity contribution is 0.256. The van der Waals surface area contributed by atoms with E-state index in [9.17, 15) is 0 Å². The summed E-state index contributed by atoms with van der Waals surface area (Å²) >= 11 is 1.90. The molecule has 7 heteroatoms. The highest BCUT2D eigenvalue weighted by Crippen LogP contribution is 2.33. The highest BCUT2D eigenvalue weighted by Gasteiger charge is 2.19. The van der Waals surface area contributed by atoms with Crippen LogP contribution < -0.4 is 20.1 Å². The minimum atomic E-state index is 0.810. The lowest BCUT2D eigenvalue weighted by Gasteiger charge is -2.29. The number of guanidine groups is 1. The summed E-state index contributed by atoms with van der Waals surface area (Å²) in [7, 11) is 3.38. The first-order valence-electron chi connectivity index (χ1n) is 10.2. The molecule has 0 amide bonds. The van der Waals surface area contributed by atoms with E-state index in [1.54, 1.807) is 14.2 Å². The molecule has 0 fully saturated rings. The third-order valence-electron chi connectivity index (χ3n) is 4.89. The number of rotatable bonds is 11. The van der Waals surface area contributed by atoms with E-state index in [2.05, 4.69) is 45.8 Å². The summed E-state index contributed by atoms with van der Waals surface area (Å²) in [6, 6.07) is 4.24. The van der Waals surface area contributed by atoms with Crippen LogP contribution in [0.1, 0.15) is 30.9 Å². The highest BCUT2D eigenvalue weighted by atomic mass is 32.2. The first kappa shape index (κ1) is 22.7. The lowest BCUT2D eigenvalue weighted by Crippen LogP contribution is -2.42. The molecule has 2 N–H and O–H groups in total. The second-order valence-corrected chi connectivity index (χ2v) is 7.87. The van der Waals surface area contributed by atoms with Crippen LogP contribution in [0.15, 0.2) is 17.1 Å². The van der Waals surface area contributed by atoms with Crippen LogP contribution in [0.3, 0.4) is 0 Å². The molecule has 1 heterocycles. The van der Waals surface area contributed by atoms with Crippen LogP contribution in [-0.4, -0.2) is 69.8 Å². The minimum Gasteiger partial charge on any atom is -0.493 e. The topological polar surface area (TPSA) is 58.1 Å². The number of ether oxygens (including phenoxy) is 2. The van der Waals surface area contributed by atoms with Gasteiger partial charge in [0.1, 0.15) is 0 Å². The number of aliphatic imine (C=N–C) groups is 1. The van der Waals surface area contributed by atoms with Gasteiger partial charge in [0.15, 0.2) is 17.5 Å². The van der Waals surface area contributed by atoms with Crippen LogP contribution in [-0.2, 0) is 13.0 Å². The fourth-order valence-corrected chi connectivity index (χ4v) is 3.85. The second-order valence-electron chi connectivity index (χ2n) is 6.89.